The van der Waals surface area contributed by atoms with Gasteiger partial charge in [0.05, 0.1) is 19.8 Å². The second-order valence-corrected chi connectivity index (χ2v) is 4.41. The molecule has 0 saturated carbocycles. The normalized spacial score (nSPS) is 12.1. The van der Waals surface area contributed by atoms with Crippen LogP contribution in [0.4, 0.5) is 0 Å². The van der Waals surface area contributed by atoms with E-state index in [9.17, 15) is 9.59 Å². The number of carboxylic acid groups (broad SMARTS) is 1. The fourth-order valence-corrected chi connectivity index (χ4v) is 1.87. The van der Waals surface area contributed by atoms with Gasteiger partial charge in [0.15, 0.2) is 0 Å². The zero-order valence-electron chi connectivity index (χ0n) is 9.89. The molecule has 0 rings (SSSR count). The predicted octanol–water partition coefficient (Wildman–Crippen LogP) is -0.0281. The molecule has 1 atom stereocenters. The molecule has 0 bridgehead atoms. The Hall–Kier alpha value is -0.790. The molecule has 0 aliphatic rings. The van der Waals surface area contributed by atoms with Crippen molar-refractivity contribution in [2.75, 3.05) is 38.4 Å². The molecule has 17 heavy (non-hydrogen) atoms. The Labute approximate surface area is 105 Å². The molecule has 0 aliphatic carbocycles. The number of carbonyl (C=O) groups is 2. The standard InChI is InChI=1S/C10H19NO5S/c1-15-3-4-16-5-7-17-6-2-9(10(13)14)11-8-12/h8-9H,2-7H2,1H3,(H,11,12)(H,13,14). The smallest absolute Gasteiger partial charge is 0.326 e. The van der Waals surface area contributed by atoms with E-state index in [0.717, 1.165) is 5.75 Å². The molecule has 0 spiro atoms. The van der Waals surface area contributed by atoms with Crippen LogP contribution < -0.4 is 5.32 Å². The second-order valence-electron chi connectivity index (χ2n) is 3.18. The summed E-state index contributed by atoms with van der Waals surface area (Å²) in [4.78, 5) is 20.8. The molecule has 0 fully saturated rings. The number of aliphatic carboxylic acids is 1. The van der Waals surface area contributed by atoms with Gasteiger partial charge in [-0.15, -0.1) is 0 Å². The second kappa shape index (κ2) is 11.7. The molecule has 0 aliphatic heterocycles. The van der Waals surface area contributed by atoms with Gasteiger partial charge < -0.3 is 19.9 Å². The SMILES string of the molecule is COCCOCCSCCC(NC=O)C(=O)O. The molecule has 1 amide bonds. The van der Waals surface area contributed by atoms with Crippen molar-refractivity contribution < 1.29 is 24.2 Å². The van der Waals surface area contributed by atoms with E-state index in [2.05, 4.69) is 5.32 Å². The highest BCUT2D eigenvalue weighted by molar-refractivity contribution is 7.99. The van der Waals surface area contributed by atoms with Crippen LogP contribution in [-0.4, -0.2) is 62.0 Å². The lowest BCUT2D eigenvalue weighted by molar-refractivity contribution is -0.140. The average Bonchev–Trinajstić information content (AvgIpc) is 2.31. The third-order valence-corrected chi connectivity index (χ3v) is 2.90. The van der Waals surface area contributed by atoms with E-state index < -0.39 is 12.0 Å². The maximum atomic E-state index is 10.7. The van der Waals surface area contributed by atoms with E-state index in [1.807, 2.05) is 0 Å². The lowest BCUT2D eigenvalue weighted by Gasteiger charge is -2.10. The van der Waals surface area contributed by atoms with E-state index in [-0.39, 0.29) is 0 Å². The van der Waals surface area contributed by atoms with Gasteiger partial charge >= 0.3 is 5.97 Å². The quantitative estimate of drug-likeness (QED) is 0.381. The highest BCUT2D eigenvalue weighted by Crippen LogP contribution is 2.05. The number of hydrogen-bond donors (Lipinski definition) is 2. The minimum atomic E-state index is -1.01. The van der Waals surface area contributed by atoms with Crippen molar-refractivity contribution in [2.45, 2.75) is 12.5 Å². The largest absolute Gasteiger partial charge is 0.480 e. The van der Waals surface area contributed by atoms with E-state index in [0.29, 0.717) is 38.4 Å². The summed E-state index contributed by atoms with van der Waals surface area (Å²) in [7, 11) is 1.62. The Bertz CT molecular complexity index is 215. The molecule has 0 heterocycles. The van der Waals surface area contributed by atoms with E-state index >= 15 is 0 Å². The summed E-state index contributed by atoms with van der Waals surface area (Å²) < 4.78 is 10.1. The van der Waals surface area contributed by atoms with Gasteiger partial charge in [0.2, 0.25) is 6.41 Å². The number of methoxy groups -OCH3 is 1. The van der Waals surface area contributed by atoms with Crippen molar-refractivity contribution >= 4 is 24.1 Å². The first-order chi connectivity index (χ1) is 8.22. The number of carboxylic acids is 1. The minimum Gasteiger partial charge on any atom is -0.480 e. The fourth-order valence-electron chi connectivity index (χ4n) is 1.03. The Morgan fingerprint density at radius 3 is 2.76 bits per heavy atom. The van der Waals surface area contributed by atoms with Crippen LogP contribution in [0.5, 0.6) is 0 Å². The number of nitrogens with one attached hydrogen (secondary N) is 1. The number of rotatable bonds is 12. The van der Waals surface area contributed by atoms with Gasteiger partial charge in [0.1, 0.15) is 6.04 Å². The molecule has 6 nitrogen and oxygen atoms in total. The zero-order valence-corrected chi connectivity index (χ0v) is 10.7. The maximum absolute atomic E-state index is 10.7. The highest BCUT2D eigenvalue weighted by Gasteiger charge is 2.14. The van der Waals surface area contributed by atoms with Crippen molar-refractivity contribution in [3.05, 3.63) is 0 Å². The lowest BCUT2D eigenvalue weighted by Crippen LogP contribution is -2.36. The third kappa shape index (κ3) is 10.1. The molecular formula is C10H19NO5S. The topological polar surface area (TPSA) is 84.9 Å². The van der Waals surface area contributed by atoms with Crippen LogP contribution in [0, 0.1) is 0 Å². The first-order valence-corrected chi connectivity index (χ1v) is 6.44. The molecule has 0 aromatic rings. The summed E-state index contributed by atoms with van der Waals surface area (Å²) in [5, 5.41) is 11.0. The van der Waals surface area contributed by atoms with Crippen LogP contribution in [0.3, 0.4) is 0 Å². The highest BCUT2D eigenvalue weighted by atomic mass is 32.2. The number of hydrogen-bond acceptors (Lipinski definition) is 5. The van der Waals surface area contributed by atoms with E-state index in [4.69, 9.17) is 14.6 Å². The predicted molar refractivity (Wildman–Crippen MR) is 65.3 cm³/mol. The Balaban J connectivity index is 3.36. The van der Waals surface area contributed by atoms with Gasteiger partial charge in [0, 0.05) is 12.9 Å². The van der Waals surface area contributed by atoms with Gasteiger partial charge in [0.25, 0.3) is 0 Å². The van der Waals surface area contributed by atoms with Gasteiger partial charge in [-0.25, -0.2) is 4.79 Å². The molecule has 0 saturated heterocycles. The van der Waals surface area contributed by atoms with Crippen molar-refractivity contribution in [2.24, 2.45) is 0 Å². The van der Waals surface area contributed by atoms with Crippen LogP contribution >= 0.6 is 11.8 Å². The lowest BCUT2D eigenvalue weighted by atomic mass is 10.2. The molecule has 1 unspecified atom stereocenters. The zero-order chi connectivity index (χ0) is 12.9. The molecule has 0 radical (unpaired) electrons. The Kier molecular flexibility index (Phi) is 11.1. The van der Waals surface area contributed by atoms with Gasteiger partial charge in [-0.2, -0.15) is 11.8 Å². The van der Waals surface area contributed by atoms with E-state index in [1.54, 1.807) is 18.9 Å². The van der Waals surface area contributed by atoms with Crippen LogP contribution in [0.1, 0.15) is 6.42 Å². The number of thioether (sulfide) groups is 1. The number of carbonyl (C=O) groups excluding carboxylic acids is 1. The van der Waals surface area contributed by atoms with Crippen molar-refractivity contribution in [1.29, 1.82) is 0 Å². The van der Waals surface area contributed by atoms with Crippen LogP contribution in [0.2, 0.25) is 0 Å². The molecule has 2 N–H and O–H groups in total. The third-order valence-electron chi connectivity index (χ3n) is 1.92. The first-order valence-electron chi connectivity index (χ1n) is 5.29. The molecular weight excluding hydrogens is 246 g/mol. The summed E-state index contributed by atoms with van der Waals surface area (Å²) in [6, 6.07) is -0.797. The van der Waals surface area contributed by atoms with Crippen molar-refractivity contribution in [1.82, 2.24) is 5.32 Å². The fraction of sp³-hybridized carbons (Fsp3) is 0.800. The number of ether oxygens (including phenoxy) is 2. The summed E-state index contributed by atoms with van der Waals surface area (Å²) in [6.45, 7) is 1.77. The summed E-state index contributed by atoms with van der Waals surface area (Å²) in [6.07, 6.45) is 0.828. The van der Waals surface area contributed by atoms with Crippen LogP contribution in [-0.2, 0) is 19.1 Å². The van der Waals surface area contributed by atoms with Crippen LogP contribution in [0.25, 0.3) is 0 Å². The van der Waals surface area contributed by atoms with E-state index in [1.165, 1.54) is 0 Å². The summed E-state index contributed by atoms with van der Waals surface area (Å²) in [5.74, 6) is 0.469. The molecule has 7 heteroatoms. The minimum absolute atomic E-state index is 0.414. The van der Waals surface area contributed by atoms with Crippen LogP contribution in [0.15, 0.2) is 0 Å². The molecule has 0 aromatic carbocycles. The van der Waals surface area contributed by atoms with Gasteiger partial charge in [-0.05, 0) is 12.2 Å². The van der Waals surface area contributed by atoms with Gasteiger partial charge in [-0.1, -0.05) is 0 Å². The number of amides is 1. The maximum Gasteiger partial charge on any atom is 0.326 e. The Morgan fingerprint density at radius 1 is 1.41 bits per heavy atom. The first kappa shape index (κ1) is 16.2. The van der Waals surface area contributed by atoms with Crippen molar-refractivity contribution in [3.8, 4) is 0 Å². The monoisotopic (exact) mass is 265 g/mol. The summed E-state index contributed by atoms with van der Waals surface area (Å²) in [5.41, 5.74) is 0. The Morgan fingerprint density at radius 2 is 2.18 bits per heavy atom. The van der Waals surface area contributed by atoms with Gasteiger partial charge in [-0.3, -0.25) is 4.79 Å². The average molecular weight is 265 g/mol. The molecule has 100 valence electrons. The summed E-state index contributed by atoms with van der Waals surface area (Å²) >= 11 is 1.60. The van der Waals surface area contributed by atoms with Crippen molar-refractivity contribution in [3.63, 3.8) is 0 Å². The molecule has 0 aromatic heterocycles.